The molecule has 0 amide bonds. The fraction of sp³-hybridized carbons (Fsp3) is 0.556. The van der Waals surface area contributed by atoms with Crippen LogP contribution in [0.3, 0.4) is 0 Å². The van der Waals surface area contributed by atoms with Crippen LogP contribution in [0.2, 0.25) is 0 Å². The molecule has 1 rings (SSSR count). The molecular weight excluding hydrogens is 296 g/mol. The van der Waals surface area contributed by atoms with E-state index in [0.29, 0.717) is 11.5 Å². The third-order valence-corrected chi connectivity index (χ3v) is 3.23. The first-order valence-electron chi connectivity index (χ1n) is 7.95. The third-order valence-electron chi connectivity index (χ3n) is 3.23. The summed E-state index contributed by atoms with van der Waals surface area (Å²) < 4.78 is 16.1. The van der Waals surface area contributed by atoms with Crippen molar-refractivity contribution in [2.24, 2.45) is 5.92 Å². The lowest BCUT2D eigenvalue weighted by Gasteiger charge is -2.16. The summed E-state index contributed by atoms with van der Waals surface area (Å²) in [7, 11) is 0. The molecule has 1 unspecified atom stereocenters. The summed E-state index contributed by atoms with van der Waals surface area (Å²) in [6.45, 7) is 9.56. The highest BCUT2D eigenvalue weighted by molar-refractivity contribution is 5.79. The Kier molecular flexibility index (Phi) is 7.59. The van der Waals surface area contributed by atoms with Gasteiger partial charge in [0, 0.05) is 0 Å². The highest BCUT2D eigenvalue weighted by Gasteiger charge is 2.16. The summed E-state index contributed by atoms with van der Waals surface area (Å²) in [6.07, 6.45) is -0.219. The second-order valence-electron chi connectivity index (χ2n) is 6.03. The molecule has 0 bridgehead atoms. The predicted octanol–water partition coefficient (Wildman–Crippen LogP) is 3.75. The predicted molar refractivity (Wildman–Crippen MR) is 87.5 cm³/mol. The van der Waals surface area contributed by atoms with Gasteiger partial charge >= 0.3 is 11.9 Å². The van der Waals surface area contributed by atoms with E-state index in [1.165, 1.54) is 0 Å². The number of carbonyl (C=O) groups excluding carboxylic acids is 2. The van der Waals surface area contributed by atoms with E-state index in [1.807, 2.05) is 34.6 Å². The summed E-state index contributed by atoms with van der Waals surface area (Å²) in [5, 5.41) is 0. The minimum Gasteiger partial charge on any atom is -0.487 e. The highest BCUT2D eigenvalue weighted by atomic mass is 16.6. The van der Waals surface area contributed by atoms with Crippen molar-refractivity contribution in [1.29, 1.82) is 0 Å². The molecule has 23 heavy (non-hydrogen) atoms. The number of carbonyl (C=O) groups is 2. The third kappa shape index (κ3) is 7.17. The molecule has 5 nitrogen and oxygen atoms in total. The van der Waals surface area contributed by atoms with Gasteiger partial charge in [-0.3, -0.25) is 9.59 Å². The van der Waals surface area contributed by atoms with Crippen molar-refractivity contribution in [2.75, 3.05) is 0 Å². The second kappa shape index (κ2) is 9.18. The van der Waals surface area contributed by atoms with Crippen LogP contribution >= 0.6 is 0 Å². The van der Waals surface area contributed by atoms with Crippen molar-refractivity contribution in [2.45, 2.75) is 59.7 Å². The number of benzene rings is 1. The summed E-state index contributed by atoms with van der Waals surface area (Å²) in [6, 6.07) is 6.96. The van der Waals surface area contributed by atoms with Crippen molar-refractivity contribution < 1.29 is 23.8 Å². The van der Waals surface area contributed by atoms with Gasteiger partial charge in [-0.15, -0.1) is 0 Å². The Hall–Kier alpha value is -2.04. The molecule has 0 radical (unpaired) electrons. The van der Waals surface area contributed by atoms with Crippen LogP contribution in [-0.2, 0) is 14.3 Å². The van der Waals surface area contributed by atoms with Crippen LogP contribution < -0.4 is 9.47 Å². The van der Waals surface area contributed by atoms with E-state index >= 15 is 0 Å². The highest BCUT2D eigenvalue weighted by Crippen LogP contribution is 2.27. The van der Waals surface area contributed by atoms with Gasteiger partial charge in [0.05, 0.1) is 18.9 Å². The first-order valence-corrected chi connectivity index (χ1v) is 7.95. The molecule has 0 fully saturated rings. The maximum atomic E-state index is 11.9. The van der Waals surface area contributed by atoms with Crippen LogP contribution in [0.25, 0.3) is 0 Å². The Labute approximate surface area is 137 Å². The number of ether oxygens (including phenoxy) is 3. The van der Waals surface area contributed by atoms with Crippen LogP contribution in [0, 0.1) is 5.92 Å². The van der Waals surface area contributed by atoms with Gasteiger partial charge in [0.15, 0.2) is 11.5 Å². The Morgan fingerprint density at radius 3 is 2.04 bits per heavy atom. The molecule has 128 valence electrons. The van der Waals surface area contributed by atoms with Crippen molar-refractivity contribution >= 4 is 11.9 Å². The van der Waals surface area contributed by atoms with E-state index in [1.54, 1.807) is 24.3 Å². The van der Waals surface area contributed by atoms with E-state index in [9.17, 15) is 9.59 Å². The molecule has 0 aliphatic carbocycles. The summed E-state index contributed by atoms with van der Waals surface area (Å²) >= 11 is 0. The average molecular weight is 322 g/mol. The summed E-state index contributed by atoms with van der Waals surface area (Å²) in [4.78, 5) is 23.6. The molecule has 0 saturated carbocycles. The van der Waals surface area contributed by atoms with Crippen LogP contribution in [0.1, 0.15) is 47.5 Å². The van der Waals surface area contributed by atoms with Crippen molar-refractivity contribution in [3.8, 4) is 11.5 Å². The van der Waals surface area contributed by atoms with Gasteiger partial charge in [0.2, 0.25) is 0 Å². The Morgan fingerprint density at radius 2 is 1.48 bits per heavy atom. The lowest BCUT2D eigenvalue weighted by Crippen LogP contribution is -2.21. The summed E-state index contributed by atoms with van der Waals surface area (Å²) in [5.41, 5.74) is 0. The largest absolute Gasteiger partial charge is 0.487 e. The van der Waals surface area contributed by atoms with Crippen LogP contribution in [0.15, 0.2) is 24.3 Å². The van der Waals surface area contributed by atoms with Gasteiger partial charge in [0.25, 0.3) is 0 Å². The molecule has 5 heteroatoms. The van der Waals surface area contributed by atoms with Crippen molar-refractivity contribution in [1.82, 2.24) is 0 Å². The fourth-order valence-electron chi connectivity index (χ4n) is 1.67. The number of rotatable bonds is 8. The quantitative estimate of drug-likeness (QED) is 0.539. The Bertz CT molecular complexity index is 522. The lowest BCUT2D eigenvalue weighted by atomic mass is 10.1. The molecule has 1 aromatic rings. The van der Waals surface area contributed by atoms with Gasteiger partial charge in [-0.05, 0) is 38.8 Å². The van der Waals surface area contributed by atoms with E-state index in [-0.39, 0.29) is 31.0 Å². The van der Waals surface area contributed by atoms with Gasteiger partial charge < -0.3 is 14.2 Å². The number of esters is 2. The van der Waals surface area contributed by atoms with Crippen LogP contribution in [0.4, 0.5) is 0 Å². The first-order chi connectivity index (χ1) is 10.8. The molecule has 0 aromatic heterocycles. The SMILES string of the molecule is CC(C)Oc1ccccc1OC(=O)CCC(=O)OC(C)C(C)C. The molecule has 0 aliphatic heterocycles. The van der Waals surface area contributed by atoms with E-state index in [4.69, 9.17) is 14.2 Å². The van der Waals surface area contributed by atoms with Gasteiger partial charge in [0.1, 0.15) is 6.10 Å². The minimum atomic E-state index is -0.487. The zero-order chi connectivity index (χ0) is 17.4. The summed E-state index contributed by atoms with van der Waals surface area (Å²) in [5.74, 6) is 0.224. The van der Waals surface area contributed by atoms with Crippen LogP contribution in [-0.4, -0.2) is 24.1 Å². The molecular formula is C18H26O5. The molecule has 0 N–H and O–H groups in total. The molecule has 0 spiro atoms. The zero-order valence-electron chi connectivity index (χ0n) is 14.5. The van der Waals surface area contributed by atoms with Gasteiger partial charge in [-0.2, -0.15) is 0 Å². The van der Waals surface area contributed by atoms with Gasteiger partial charge in [-0.1, -0.05) is 26.0 Å². The maximum Gasteiger partial charge on any atom is 0.311 e. The van der Waals surface area contributed by atoms with E-state index < -0.39 is 11.9 Å². The van der Waals surface area contributed by atoms with Gasteiger partial charge in [-0.25, -0.2) is 0 Å². The normalized spacial score (nSPS) is 12.1. The smallest absolute Gasteiger partial charge is 0.311 e. The van der Waals surface area contributed by atoms with Crippen molar-refractivity contribution in [3.05, 3.63) is 24.3 Å². The standard InChI is InChI=1S/C18H26O5/c1-12(2)14(5)22-17(19)10-11-18(20)23-16-9-7-6-8-15(16)21-13(3)4/h6-9,12-14H,10-11H2,1-5H3. The molecule has 0 heterocycles. The maximum absolute atomic E-state index is 11.9. The van der Waals surface area contributed by atoms with E-state index in [2.05, 4.69) is 0 Å². The topological polar surface area (TPSA) is 61.8 Å². The number of hydrogen-bond acceptors (Lipinski definition) is 5. The first kappa shape index (κ1) is 19.0. The number of para-hydroxylation sites is 2. The average Bonchev–Trinajstić information content (AvgIpc) is 2.46. The minimum absolute atomic E-state index is 0.00307. The Morgan fingerprint density at radius 1 is 0.913 bits per heavy atom. The number of hydrogen-bond donors (Lipinski definition) is 0. The molecule has 0 aliphatic rings. The second-order valence-corrected chi connectivity index (χ2v) is 6.03. The monoisotopic (exact) mass is 322 g/mol. The Balaban J connectivity index is 2.50. The zero-order valence-corrected chi connectivity index (χ0v) is 14.5. The lowest BCUT2D eigenvalue weighted by molar-refractivity contribution is -0.152. The van der Waals surface area contributed by atoms with Crippen molar-refractivity contribution in [3.63, 3.8) is 0 Å². The van der Waals surface area contributed by atoms with Crippen LogP contribution in [0.5, 0.6) is 11.5 Å². The molecule has 1 atom stereocenters. The molecule has 1 aromatic carbocycles. The molecule has 0 saturated heterocycles. The fourth-order valence-corrected chi connectivity index (χ4v) is 1.67. The van der Waals surface area contributed by atoms with E-state index in [0.717, 1.165) is 0 Å².